The molecular formula is C20H34N4O2. The summed E-state index contributed by atoms with van der Waals surface area (Å²) in [5.74, 6) is 2.13. The van der Waals surface area contributed by atoms with E-state index in [1.165, 1.54) is 0 Å². The minimum absolute atomic E-state index is 0.0554. The molecule has 0 spiro atoms. The Morgan fingerprint density at radius 2 is 1.81 bits per heavy atom. The Bertz CT molecular complexity index is 555. The first kappa shape index (κ1) is 21.8. The first-order valence-electron chi connectivity index (χ1n) is 9.42. The van der Waals surface area contributed by atoms with Gasteiger partial charge in [-0.1, -0.05) is 32.9 Å². The molecule has 0 heterocycles. The zero-order chi connectivity index (χ0) is 19.4. The maximum absolute atomic E-state index is 11.6. The van der Waals surface area contributed by atoms with Crippen molar-refractivity contribution in [2.24, 2.45) is 10.9 Å². The molecule has 3 N–H and O–H groups in total. The van der Waals surface area contributed by atoms with E-state index in [4.69, 9.17) is 4.74 Å². The van der Waals surface area contributed by atoms with E-state index in [1.54, 1.807) is 7.05 Å². The molecule has 0 aliphatic rings. The van der Waals surface area contributed by atoms with Crippen molar-refractivity contribution in [1.29, 1.82) is 0 Å². The van der Waals surface area contributed by atoms with Gasteiger partial charge in [-0.15, -0.1) is 0 Å². The molecule has 1 amide bonds. The van der Waals surface area contributed by atoms with Crippen LogP contribution >= 0.6 is 0 Å². The van der Waals surface area contributed by atoms with E-state index in [2.05, 4.69) is 53.8 Å². The van der Waals surface area contributed by atoms with Crippen molar-refractivity contribution in [2.75, 3.05) is 26.7 Å². The van der Waals surface area contributed by atoms with Crippen LogP contribution in [-0.2, 0) is 4.79 Å². The van der Waals surface area contributed by atoms with Crippen molar-refractivity contribution in [3.8, 4) is 5.75 Å². The van der Waals surface area contributed by atoms with Gasteiger partial charge < -0.3 is 20.7 Å². The lowest BCUT2D eigenvalue weighted by Gasteiger charge is -2.18. The fraction of sp³-hybridized carbons (Fsp3) is 0.600. The van der Waals surface area contributed by atoms with Gasteiger partial charge in [0, 0.05) is 26.6 Å². The van der Waals surface area contributed by atoms with Crippen molar-refractivity contribution in [3.05, 3.63) is 29.8 Å². The van der Waals surface area contributed by atoms with Crippen LogP contribution in [0.15, 0.2) is 29.3 Å². The van der Waals surface area contributed by atoms with Gasteiger partial charge >= 0.3 is 0 Å². The predicted octanol–water partition coefficient (Wildman–Crippen LogP) is 2.86. The number of hydrogen-bond donors (Lipinski definition) is 3. The number of nitrogens with zero attached hydrogens (tertiary/aromatic N) is 1. The Morgan fingerprint density at radius 1 is 1.12 bits per heavy atom. The highest BCUT2D eigenvalue weighted by atomic mass is 16.5. The van der Waals surface area contributed by atoms with Crippen molar-refractivity contribution < 1.29 is 9.53 Å². The number of carbonyl (C=O) groups is 1. The summed E-state index contributed by atoms with van der Waals surface area (Å²) in [5, 5.41) is 9.37. The van der Waals surface area contributed by atoms with Crippen LogP contribution in [0.3, 0.4) is 0 Å². The number of nitrogens with one attached hydrogen (secondary N) is 3. The van der Waals surface area contributed by atoms with E-state index in [0.717, 1.165) is 30.9 Å². The number of guanidine groups is 1. The van der Waals surface area contributed by atoms with Gasteiger partial charge in [-0.25, -0.2) is 0 Å². The zero-order valence-electron chi connectivity index (χ0n) is 16.8. The Kier molecular flexibility index (Phi) is 10.2. The monoisotopic (exact) mass is 362 g/mol. The SMILES string of the molecule is CCCNC(=O)CCNC(=NC)NC(C)c1ccc(OCC(C)C)cc1. The molecule has 0 aromatic heterocycles. The van der Waals surface area contributed by atoms with Crippen LogP contribution in [0.4, 0.5) is 0 Å². The second-order valence-electron chi connectivity index (χ2n) is 6.74. The fourth-order valence-corrected chi connectivity index (χ4v) is 2.25. The quantitative estimate of drug-likeness (QED) is 0.442. The largest absolute Gasteiger partial charge is 0.493 e. The molecule has 0 fully saturated rings. The van der Waals surface area contributed by atoms with Gasteiger partial charge in [0.05, 0.1) is 12.6 Å². The minimum atomic E-state index is 0.0554. The lowest BCUT2D eigenvalue weighted by atomic mass is 10.1. The Balaban J connectivity index is 2.43. The number of aliphatic imine (C=N–C) groups is 1. The average Bonchev–Trinajstić information content (AvgIpc) is 2.64. The van der Waals surface area contributed by atoms with E-state index in [0.29, 0.717) is 24.8 Å². The second kappa shape index (κ2) is 12.2. The molecule has 146 valence electrons. The number of hydrogen-bond acceptors (Lipinski definition) is 3. The highest BCUT2D eigenvalue weighted by Crippen LogP contribution is 2.18. The molecule has 0 saturated carbocycles. The van der Waals surface area contributed by atoms with Gasteiger partial charge in [0.25, 0.3) is 0 Å². The van der Waals surface area contributed by atoms with Crippen LogP contribution in [0.25, 0.3) is 0 Å². The fourth-order valence-electron chi connectivity index (χ4n) is 2.25. The Labute approximate surface area is 157 Å². The van der Waals surface area contributed by atoms with Gasteiger partial charge in [0.15, 0.2) is 5.96 Å². The first-order chi connectivity index (χ1) is 12.5. The van der Waals surface area contributed by atoms with Crippen molar-refractivity contribution in [2.45, 2.75) is 46.6 Å². The molecule has 0 saturated heterocycles. The third kappa shape index (κ3) is 8.74. The molecule has 1 rings (SSSR count). The summed E-state index contributed by atoms with van der Waals surface area (Å²) in [4.78, 5) is 15.8. The Morgan fingerprint density at radius 3 is 2.38 bits per heavy atom. The van der Waals surface area contributed by atoms with Gasteiger partial charge in [0.2, 0.25) is 5.91 Å². The minimum Gasteiger partial charge on any atom is -0.493 e. The Hall–Kier alpha value is -2.24. The van der Waals surface area contributed by atoms with E-state index in [-0.39, 0.29) is 11.9 Å². The summed E-state index contributed by atoms with van der Waals surface area (Å²) < 4.78 is 5.71. The summed E-state index contributed by atoms with van der Waals surface area (Å²) in [6.45, 7) is 10.4. The normalized spacial score (nSPS) is 12.6. The zero-order valence-corrected chi connectivity index (χ0v) is 16.8. The van der Waals surface area contributed by atoms with E-state index < -0.39 is 0 Å². The van der Waals surface area contributed by atoms with Crippen LogP contribution in [0.2, 0.25) is 0 Å². The molecule has 0 bridgehead atoms. The molecule has 6 heteroatoms. The van der Waals surface area contributed by atoms with Crippen LogP contribution < -0.4 is 20.7 Å². The third-order valence-corrected chi connectivity index (χ3v) is 3.76. The highest BCUT2D eigenvalue weighted by Gasteiger charge is 2.09. The molecule has 6 nitrogen and oxygen atoms in total. The molecule has 0 aliphatic carbocycles. The van der Waals surface area contributed by atoms with Gasteiger partial charge in [0.1, 0.15) is 5.75 Å². The van der Waals surface area contributed by atoms with Gasteiger partial charge in [-0.2, -0.15) is 0 Å². The summed E-state index contributed by atoms with van der Waals surface area (Å²) in [6, 6.07) is 8.18. The lowest BCUT2D eigenvalue weighted by molar-refractivity contribution is -0.120. The molecule has 0 radical (unpaired) electrons. The van der Waals surface area contributed by atoms with Crippen LogP contribution in [0, 0.1) is 5.92 Å². The molecule has 1 unspecified atom stereocenters. The van der Waals surface area contributed by atoms with Crippen molar-refractivity contribution in [1.82, 2.24) is 16.0 Å². The maximum Gasteiger partial charge on any atom is 0.221 e. The topological polar surface area (TPSA) is 74.8 Å². The summed E-state index contributed by atoms with van der Waals surface area (Å²) >= 11 is 0. The van der Waals surface area contributed by atoms with Crippen LogP contribution in [0.1, 0.15) is 52.1 Å². The molecular weight excluding hydrogens is 328 g/mol. The predicted molar refractivity (Wildman–Crippen MR) is 108 cm³/mol. The standard InChI is InChI=1S/C20H34N4O2/c1-6-12-22-19(25)11-13-23-20(21-5)24-16(4)17-7-9-18(10-8-17)26-14-15(2)3/h7-10,15-16H,6,11-14H2,1-5H3,(H,22,25)(H2,21,23,24). The highest BCUT2D eigenvalue weighted by molar-refractivity contribution is 5.81. The summed E-state index contributed by atoms with van der Waals surface area (Å²) in [6.07, 6.45) is 1.37. The third-order valence-electron chi connectivity index (χ3n) is 3.76. The number of rotatable bonds is 10. The number of carbonyl (C=O) groups excluding carboxylic acids is 1. The number of benzene rings is 1. The summed E-state index contributed by atoms with van der Waals surface area (Å²) in [5.41, 5.74) is 1.14. The average molecular weight is 363 g/mol. The molecule has 26 heavy (non-hydrogen) atoms. The summed E-state index contributed by atoms with van der Waals surface area (Å²) in [7, 11) is 1.72. The van der Waals surface area contributed by atoms with E-state index in [1.807, 2.05) is 19.1 Å². The first-order valence-corrected chi connectivity index (χ1v) is 9.42. The molecule has 1 aromatic rings. The maximum atomic E-state index is 11.6. The molecule has 1 atom stereocenters. The number of amides is 1. The van der Waals surface area contributed by atoms with E-state index in [9.17, 15) is 4.79 Å². The lowest BCUT2D eigenvalue weighted by Crippen LogP contribution is -2.40. The van der Waals surface area contributed by atoms with Crippen molar-refractivity contribution >= 4 is 11.9 Å². The second-order valence-corrected chi connectivity index (χ2v) is 6.74. The van der Waals surface area contributed by atoms with Gasteiger partial charge in [-0.3, -0.25) is 9.79 Å². The number of ether oxygens (including phenoxy) is 1. The van der Waals surface area contributed by atoms with E-state index >= 15 is 0 Å². The van der Waals surface area contributed by atoms with Crippen LogP contribution in [0.5, 0.6) is 5.75 Å². The van der Waals surface area contributed by atoms with Gasteiger partial charge in [-0.05, 0) is 37.0 Å². The molecule has 1 aromatic carbocycles. The molecule has 0 aliphatic heterocycles. The van der Waals surface area contributed by atoms with Crippen molar-refractivity contribution in [3.63, 3.8) is 0 Å². The van der Waals surface area contributed by atoms with Crippen LogP contribution in [-0.4, -0.2) is 38.6 Å². The smallest absolute Gasteiger partial charge is 0.221 e.